The van der Waals surface area contributed by atoms with Crippen molar-refractivity contribution in [2.24, 2.45) is 11.8 Å². The van der Waals surface area contributed by atoms with Crippen molar-refractivity contribution in [2.75, 3.05) is 47.5 Å². The van der Waals surface area contributed by atoms with Gasteiger partial charge >= 0.3 is 19.8 Å². The van der Waals surface area contributed by atoms with Crippen LogP contribution in [0, 0.1) is 11.8 Å². The lowest BCUT2D eigenvalue weighted by Crippen LogP contribution is -2.37. The van der Waals surface area contributed by atoms with Gasteiger partial charge in [-0.05, 0) is 32.1 Å². The zero-order valence-electron chi connectivity index (χ0n) is 41.9. The van der Waals surface area contributed by atoms with Crippen LogP contribution in [0.25, 0.3) is 0 Å². The summed E-state index contributed by atoms with van der Waals surface area (Å²) in [5.74, 6) is -1.71. The molecule has 0 spiro atoms. The first-order chi connectivity index (χ1) is 31.2. The van der Waals surface area contributed by atoms with E-state index in [0.29, 0.717) is 43.1 Å². The minimum Gasteiger partial charge on any atom is -0.462 e. The highest BCUT2D eigenvalue weighted by Gasteiger charge is 2.39. The van der Waals surface area contributed by atoms with Gasteiger partial charge in [0.2, 0.25) is 0 Å². The molecule has 65 heavy (non-hydrogen) atoms. The van der Waals surface area contributed by atoms with Crippen LogP contribution in [0.5, 0.6) is 0 Å². The Morgan fingerprint density at radius 3 is 1.75 bits per heavy atom. The maximum Gasteiger partial charge on any atom is 0.472 e. The lowest BCUT2D eigenvalue weighted by atomic mass is 9.90. The Balaban J connectivity index is 2.38. The molecule has 0 aliphatic heterocycles. The number of nitrogens with zero attached hydrogens (tertiary/aromatic N) is 1. The van der Waals surface area contributed by atoms with Gasteiger partial charge in [0.1, 0.15) is 25.5 Å². The third-order valence-corrected chi connectivity index (χ3v) is 13.3. The number of hydrogen-bond acceptors (Lipinski definition) is 10. The van der Waals surface area contributed by atoms with E-state index in [4.69, 9.17) is 18.5 Å². The molecule has 1 aliphatic rings. The highest BCUT2D eigenvalue weighted by molar-refractivity contribution is 7.47. The number of phosphoric ester groups is 1. The number of hydrogen-bond donors (Lipinski definition) is 3. The monoisotopic (exact) mass is 943 g/mol. The molecule has 0 heterocycles. The van der Waals surface area contributed by atoms with Crippen molar-refractivity contribution < 1.29 is 57.1 Å². The van der Waals surface area contributed by atoms with Gasteiger partial charge in [0, 0.05) is 31.1 Å². The molecule has 12 nitrogen and oxygen atoms in total. The Bertz CT molecular complexity index is 1320. The topological polar surface area (TPSA) is 166 Å². The van der Waals surface area contributed by atoms with Crippen molar-refractivity contribution in [1.82, 2.24) is 0 Å². The summed E-state index contributed by atoms with van der Waals surface area (Å²) in [6, 6.07) is 0. The van der Waals surface area contributed by atoms with E-state index in [0.717, 1.165) is 38.5 Å². The van der Waals surface area contributed by atoms with Gasteiger partial charge in [-0.25, -0.2) is 4.57 Å². The lowest BCUT2D eigenvalue weighted by Gasteiger charge is -2.24. The minimum atomic E-state index is -4.44. The van der Waals surface area contributed by atoms with Gasteiger partial charge in [-0.3, -0.25) is 23.4 Å². The molecule has 1 rings (SSSR count). The summed E-state index contributed by atoms with van der Waals surface area (Å²) in [7, 11) is 1.34. The number of carbonyl (C=O) groups is 3. The number of Topliss-reactive ketones (excluding diaryl/α,β-unsaturated/α-hetero) is 1. The maximum atomic E-state index is 12.8. The molecule has 3 N–H and O–H groups in total. The number of aliphatic hydroxyl groups excluding tert-OH is 2. The van der Waals surface area contributed by atoms with E-state index in [-0.39, 0.29) is 44.2 Å². The van der Waals surface area contributed by atoms with Gasteiger partial charge in [-0.2, -0.15) is 0 Å². The van der Waals surface area contributed by atoms with Crippen molar-refractivity contribution in [1.29, 1.82) is 0 Å². The lowest BCUT2D eigenvalue weighted by molar-refractivity contribution is -0.870. The van der Waals surface area contributed by atoms with Crippen molar-refractivity contribution >= 4 is 25.5 Å². The zero-order chi connectivity index (χ0) is 48.0. The average Bonchev–Trinajstić information content (AvgIpc) is 3.52. The summed E-state index contributed by atoms with van der Waals surface area (Å²) in [6.07, 6.45) is 37.4. The Kier molecular flexibility index (Phi) is 36.6. The first kappa shape index (κ1) is 61.1. The van der Waals surface area contributed by atoms with E-state index in [9.17, 15) is 34.1 Å². The number of ketones is 1. The Morgan fingerprint density at radius 2 is 1.22 bits per heavy atom. The van der Waals surface area contributed by atoms with E-state index in [2.05, 4.69) is 13.8 Å². The first-order valence-electron chi connectivity index (χ1n) is 26.2. The van der Waals surface area contributed by atoms with Crippen molar-refractivity contribution in [3.63, 3.8) is 0 Å². The summed E-state index contributed by atoms with van der Waals surface area (Å²) >= 11 is 0. The summed E-state index contributed by atoms with van der Waals surface area (Å²) in [5.41, 5.74) is 0. The molecular weight excluding hydrogens is 846 g/mol. The number of allylic oxidation sites excluding steroid dienone is 3. The number of phosphoric acid groups is 1. The third-order valence-electron chi connectivity index (χ3n) is 12.4. The van der Waals surface area contributed by atoms with Crippen LogP contribution in [0.4, 0.5) is 0 Å². The largest absolute Gasteiger partial charge is 0.472 e. The fraction of sp³-hybridized carbons (Fsp3) is 0.865. The predicted octanol–water partition coefficient (Wildman–Crippen LogP) is 12.1. The summed E-state index contributed by atoms with van der Waals surface area (Å²) in [4.78, 5) is 48.3. The molecule has 380 valence electrons. The quantitative estimate of drug-likeness (QED) is 0.0175. The molecule has 1 fully saturated rings. The van der Waals surface area contributed by atoms with Crippen LogP contribution < -0.4 is 0 Å². The molecule has 0 aromatic rings. The highest BCUT2D eigenvalue weighted by Crippen LogP contribution is 2.43. The first-order valence-corrected chi connectivity index (χ1v) is 27.7. The molecule has 6 atom stereocenters. The molecule has 0 bridgehead atoms. The fourth-order valence-electron chi connectivity index (χ4n) is 8.17. The third kappa shape index (κ3) is 35.8. The Labute approximate surface area is 396 Å². The minimum absolute atomic E-state index is 0.00897. The van der Waals surface area contributed by atoms with E-state index < -0.39 is 50.6 Å². The van der Waals surface area contributed by atoms with Gasteiger partial charge in [-0.15, -0.1) is 0 Å². The number of esters is 2. The van der Waals surface area contributed by atoms with Crippen LogP contribution in [-0.2, 0) is 37.5 Å². The number of quaternary nitrogens is 1. The van der Waals surface area contributed by atoms with Crippen LogP contribution in [0.15, 0.2) is 24.3 Å². The van der Waals surface area contributed by atoms with Crippen LogP contribution in [0.2, 0.25) is 0 Å². The smallest absolute Gasteiger partial charge is 0.462 e. The number of unbranched alkanes of at least 4 members (excludes halogenated alkanes) is 23. The molecule has 13 heteroatoms. The molecule has 0 amide bonds. The SMILES string of the molecule is CCCCCCCCCCCCCCCCCCCCCCCC(=O)O[C@H](COC(=O)CCC/C=C\C[C@H]1[C@@H](O)CC(=O)[C@@H]1/C=C/[C@@H](O)CCCCC)COP(=O)(O)OCC[N+](C)(C)C. The molecule has 0 aromatic heterocycles. The summed E-state index contributed by atoms with van der Waals surface area (Å²) in [6.45, 7) is 4.05. The van der Waals surface area contributed by atoms with Crippen LogP contribution in [-0.4, -0.2) is 103 Å². The second-order valence-electron chi connectivity index (χ2n) is 19.7. The van der Waals surface area contributed by atoms with E-state index >= 15 is 0 Å². The van der Waals surface area contributed by atoms with Gasteiger partial charge in [0.15, 0.2) is 6.10 Å². The average molecular weight is 943 g/mol. The molecule has 0 saturated heterocycles. The van der Waals surface area contributed by atoms with Gasteiger partial charge in [0.05, 0.1) is 40.0 Å². The normalized spacial score (nSPS) is 18.7. The molecule has 1 unspecified atom stereocenters. The van der Waals surface area contributed by atoms with E-state index in [1.807, 2.05) is 33.3 Å². The number of rotatable bonds is 44. The molecule has 0 aromatic carbocycles. The van der Waals surface area contributed by atoms with Crippen molar-refractivity contribution in [3.8, 4) is 0 Å². The number of likely N-dealkylation sites (N-methyl/N-ethyl adjacent to an activating group) is 1. The van der Waals surface area contributed by atoms with Gasteiger partial charge in [0.25, 0.3) is 0 Å². The van der Waals surface area contributed by atoms with Crippen LogP contribution in [0.1, 0.15) is 213 Å². The van der Waals surface area contributed by atoms with Gasteiger partial charge in [-0.1, -0.05) is 186 Å². The number of aliphatic hydroxyl groups is 2. The molecular formula is C52H97NO11P+. The summed E-state index contributed by atoms with van der Waals surface area (Å²) < 4.78 is 34.4. The van der Waals surface area contributed by atoms with Gasteiger partial charge < -0.3 is 29.1 Å². The Morgan fingerprint density at radius 1 is 0.708 bits per heavy atom. The molecule has 1 saturated carbocycles. The predicted molar refractivity (Wildman–Crippen MR) is 262 cm³/mol. The van der Waals surface area contributed by atoms with Crippen LogP contribution in [0.3, 0.4) is 0 Å². The standard InChI is InChI=1S/C52H96NO11P/c1-6-8-10-11-12-13-14-15-16-17-18-19-20-21-22-23-24-25-26-27-33-37-52(58)64-46(44-63-65(59,60)62-41-40-53(3,4)5)43-61-51(57)36-32-29-28-31-35-47-48(50(56)42-49(47)55)39-38-45(54)34-30-9-7-2/h28,31,38-39,45-49,54-55H,6-27,29-30,32-37,40-44H2,1-5H3/p+1/b31-28-,39-38+/t45-,46+,47+,48+,49-/m0/s1. The molecule has 1 aliphatic carbocycles. The summed E-state index contributed by atoms with van der Waals surface area (Å²) in [5, 5.41) is 20.8. The number of ether oxygens (including phenoxy) is 2. The molecule has 0 radical (unpaired) electrons. The fourth-order valence-corrected chi connectivity index (χ4v) is 8.92. The van der Waals surface area contributed by atoms with Crippen molar-refractivity contribution in [3.05, 3.63) is 24.3 Å². The second-order valence-corrected chi connectivity index (χ2v) is 21.2. The number of carbonyl (C=O) groups excluding carboxylic acids is 3. The van der Waals surface area contributed by atoms with E-state index in [1.165, 1.54) is 109 Å². The Hall–Kier alpha value is -1.92. The van der Waals surface area contributed by atoms with Crippen molar-refractivity contribution in [2.45, 2.75) is 231 Å². The maximum absolute atomic E-state index is 12.8. The van der Waals surface area contributed by atoms with E-state index in [1.54, 1.807) is 12.2 Å². The second kappa shape index (κ2) is 39.0. The highest BCUT2D eigenvalue weighted by atomic mass is 31.2. The van der Waals surface area contributed by atoms with Crippen LogP contribution >= 0.6 is 7.82 Å². The zero-order valence-corrected chi connectivity index (χ0v) is 42.8.